The molecule has 1 saturated carbocycles. The largest absolute Gasteiger partial charge is 0.356 e. The molecule has 3 nitrogen and oxygen atoms in total. The Morgan fingerprint density at radius 2 is 2.06 bits per heavy atom. The minimum atomic E-state index is 0.188. The van der Waals surface area contributed by atoms with E-state index in [4.69, 9.17) is 5.73 Å². The molecule has 1 aliphatic carbocycles. The van der Waals surface area contributed by atoms with Crippen LogP contribution in [-0.4, -0.2) is 19.0 Å². The molecule has 1 aliphatic rings. The molecule has 1 rings (SSSR count). The highest BCUT2D eigenvalue weighted by atomic mass is 16.1. The second-order valence-corrected chi connectivity index (χ2v) is 6.46. The van der Waals surface area contributed by atoms with E-state index in [1.54, 1.807) is 0 Å². The van der Waals surface area contributed by atoms with Gasteiger partial charge in [-0.3, -0.25) is 4.79 Å². The first-order valence-corrected chi connectivity index (χ1v) is 7.48. The van der Waals surface area contributed by atoms with Crippen LogP contribution in [0.3, 0.4) is 0 Å². The SMILES string of the molecule is CCCC1(CNC(=O)CC(CN)CC(C)C)CC1. The summed E-state index contributed by atoms with van der Waals surface area (Å²) in [7, 11) is 0. The Hall–Kier alpha value is -0.570. The topological polar surface area (TPSA) is 55.1 Å². The van der Waals surface area contributed by atoms with E-state index in [9.17, 15) is 4.79 Å². The molecule has 0 saturated heterocycles. The predicted molar refractivity (Wildman–Crippen MR) is 76.2 cm³/mol. The van der Waals surface area contributed by atoms with E-state index in [1.807, 2.05) is 0 Å². The summed E-state index contributed by atoms with van der Waals surface area (Å²) in [4.78, 5) is 11.9. The van der Waals surface area contributed by atoms with Gasteiger partial charge in [-0.2, -0.15) is 0 Å². The van der Waals surface area contributed by atoms with Crippen LogP contribution in [0.25, 0.3) is 0 Å². The van der Waals surface area contributed by atoms with Crippen LogP contribution < -0.4 is 11.1 Å². The Morgan fingerprint density at radius 3 is 2.50 bits per heavy atom. The van der Waals surface area contributed by atoms with Gasteiger partial charge in [-0.1, -0.05) is 27.2 Å². The zero-order chi connectivity index (χ0) is 13.6. The van der Waals surface area contributed by atoms with Gasteiger partial charge in [-0.25, -0.2) is 0 Å². The van der Waals surface area contributed by atoms with Crippen molar-refractivity contribution in [3.63, 3.8) is 0 Å². The zero-order valence-electron chi connectivity index (χ0n) is 12.3. The lowest BCUT2D eigenvalue weighted by atomic mass is 9.93. The molecule has 1 fully saturated rings. The van der Waals surface area contributed by atoms with Crippen LogP contribution in [0.5, 0.6) is 0 Å². The lowest BCUT2D eigenvalue weighted by Gasteiger charge is -2.19. The number of hydrogen-bond acceptors (Lipinski definition) is 2. The molecule has 0 aromatic carbocycles. The van der Waals surface area contributed by atoms with Crippen molar-refractivity contribution in [3.05, 3.63) is 0 Å². The fourth-order valence-electron chi connectivity index (χ4n) is 2.77. The maximum atomic E-state index is 11.9. The minimum Gasteiger partial charge on any atom is -0.356 e. The van der Waals surface area contributed by atoms with Crippen molar-refractivity contribution in [3.8, 4) is 0 Å². The highest BCUT2D eigenvalue weighted by Crippen LogP contribution is 2.48. The molecule has 1 amide bonds. The number of carbonyl (C=O) groups is 1. The van der Waals surface area contributed by atoms with Gasteiger partial charge in [0.15, 0.2) is 0 Å². The molecule has 0 bridgehead atoms. The molecule has 0 spiro atoms. The van der Waals surface area contributed by atoms with E-state index in [0.717, 1.165) is 13.0 Å². The first-order valence-electron chi connectivity index (χ1n) is 7.48. The second-order valence-electron chi connectivity index (χ2n) is 6.46. The van der Waals surface area contributed by atoms with E-state index in [-0.39, 0.29) is 5.91 Å². The molecule has 106 valence electrons. The van der Waals surface area contributed by atoms with Gasteiger partial charge in [0, 0.05) is 13.0 Å². The van der Waals surface area contributed by atoms with Crippen molar-refractivity contribution >= 4 is 5.91 Å². The molecule has 3 N–H and O–H groups in total. The van der Waals surface area contributed by atoms with Crippen molar-refractivity contribution in [2.45, 2.75) is 59.3 Å². The monoisotopic (exact) mass is 254 g/mol. The molecular weight excluding hydrogens is 224 g/mol. The summed E-state index contributed by atoms with van der Waals surface area (Å²) < 4.78 is 0. The van der Waals surface area contributed by atoms with Gasteiger partial charge >= 0.3 is 0 Å². The molecule has 0 aromatic heterocycles. The lowest BCUT2D eigenvalue weighted by Crippen LogP contribution is -2.33. The number of amides is 1. The molecule has 0 aliphatic heterocycles. The van der Waals surface area contributed by atoms with Gasteiger partial charge in [-0.05, 0) is 49.5 Å². The van der Waals surface area contributed by atoms with Crippen LogP contribution in [0.2, 0.25) is 0 Å². The summed E-state index contributed by atoms with van der Waals surface area (Å²) in [5.41, 5.74) is 6.18. The minimum absolute atomic E-state index is 0.188. The van der Waals surface area contributed by atoms with Gasteiger partial charge in [0.05, 0.1) is 0 Å². The number of nitrogens with one attached hydrogen (secondary N) is 1. The third kappa shape index (κ3) is 5.38. The zero-order valence-corrected chi connectivity index (χ0v) is 12.3. The standard InChI is InChI=1S/C15H30N2O/c1-4-5-15(6-7-15)11-17-14(18)9-13(10-16)8-12(2)3/h12-13H,4-11,16H2,1-3H3,(H,17,18). The Labute approximate surface area is 112 Å². The van der Waals surface area contributed by atoms with Gasteiger partial charge in [-0.15, -0.1) is 0 Å². The van der Waals surface area contributed by atoms with Gasteiger partial charge in [0.2, 0.25) is 5.91 Å². The van der Waals surface area contributed by atoms with E-state index >= 15 is 0 Å². The predicted octanol–water partition coefficient (Wildman–Crippen LogP) is 2.69. The Morgan fingerprint density at radius 1 is 1.39 bits per heavy atom. The van der Waals surface area contributed by atoms with Gasteiger partial charge in [0.25, 0.3) is 0 Å². The molecule has 0 radical (unpaired) electrons. The Bertz CT molecular complexity index is 259. The summed E-state index contributed by atoms with van der Waals surface area (Å²) in [5.74, 6) is 1.14. The normalized spacial score (nSPS) is 18.7. The lowest BCUT2D eigenvalue weighted by molar-refractivity contribution is -0.122. The first kappa shape index (κ1) is 15.5. The molecule has 3 heteroatoms. The maximum absolute atomic E-state index is 11.9. The molecule has 18 heavy (non-hydrogen) atoms. The maximum Gasteiger partial charge on any atom is 0.220 e. The fraction of sp³-hybridized carbons (Fsp3) is 0.933. The quantitative estimate of drug-likeness (QED) is 0.664. The van der Waals surface area contributed by atoms with Crippen LogP contribution in [0.4, 0.5) is 0 Å². The van der Waals surface area contributed by atoms with Crippen molar-refractivity contribution in [1.82, 2.24) is 5.32 Å². The molecule has 1 atom stereocenters. The summed E-state index contributed by atoms with van der Waals surface area (Å²) in [6.07, 6.45) is 6.68. The smallest absolute Gasteiger partial charge is 0.220 e. The molecule has 0 aromatic rings. The van der Waals surface area contributed by atoms with Gasteiger partial charge in [0.1, 0.15) is 0 Å². The van der Waals surface area contributed by atoms with Crippen LogP contribution >= 0.6 is 0 Å². The van der Waals surface area contributed by atoms with E-state index in [2.05, 4.69) is 26.1 Å². The van der Waals surface area contributed by atoms with E-state index in [1.165, 1.54) is 25.7 Å². The van der Waals surface area contributed by atoms with Crippen molar-refractivity contribution in [2.24, 2.45) is 23.0 Å². The number of nitrogens with two attached hydrogens (primary N) is 1. The van der Waals surface area contributed by atoms with Gasteiger partial charge < -0.3 is 11.1 Å². The van der Waals surface area contributed by atoms with E-state index in [0.29, 0.717) is 30.2 Å². The number of rotatable bonds is 9. The average Bonchev–Trinajstić information content (AvgIpc) is 3.06. The van der Waals surface area contributed by atoms with Crippen LogP contribution in [-0.2, 0) is 4.79 Å². The Kier molecular flexibility index (Phi) is 6.13. The van der Waals surface area contributed by atoms with E-state index < -0.39 is 0 Å². The number of hydrogen-bond donors (Lipinski definition) is 2. The number of carbonyl (C=O) groups excluding carboxylic acids is 1. The molecule has 1 unspecified atom stereocenters. The van der Waals surface area contributed by atoms with Crippen molar-refractivity contribution in [2.75, 3.05) is 13.1 Å². The third-order valence-corrected chi connectivity index (χ3v) is 4.01. The first-order chi connectivity index (χ1) is 8.51. The third-order valence-electron chi connectivity index (χ3n) is 4.01. The highest BCUT2D eigenvalue weighted by Gasteiger charge is 2.41. The fourth-order valence-corrected chi connectivity index (χ4v) is 2.77. The van der Waals surface area contributed by atoms with Crippen molar-refractivity contribution < 1.29 is 4.79 Å². The average molecular weight is 254 g/mol. The second kappa shape index (κ2) is 7.13. The Balaban J connectivity index is 2.24. The van der Waals surface area contributed by atoms with Crippen molar-refractivity contribution in [1.29, 1.82) is 0 Å². The van der Waals surface area contributed by atoms with Crippen LogP contribution in [0.15, 0.2) is 0 Å². The summed E-state index contributed by atoms with van der Waals surface area (Å²) in [5, 5.41) is 3.11. The summed E-state index contributed by atoms with van der Waals surface area (Å²) >= 11 is 0. The van der Waals surface area contributed by atoms with Crippen LogP contribution in [0, 0.1) is 17.3 Å². The summed E-state index contributed by atoms with van der Waals surface area (Å²) in [6, 6.07) is 0. The molecule has 0 heterocycles. The van der Waals surface area contributed by atoms with Crippen LogP contribution in [0.1, 0.15) is 59.3 Å². The highest BCUT2D eigenvalue weighted by molar-refractivity contribution is 5.76. The summed E-state index contributed by atoms with van der Waals surface area (Å²) in [6.45, 7) is 8.07. The molecular formula is C15H30N2O.